The highest BCUT2D eigenvalue weighted by atomic mass is 32.2. The second kappa shape index (κ2) is 9.53. The summed E-state index contributed by atoms with van der Waals surface area (Å²) in [5, 5.41) is 7.92. The van der Waals surface area contributed by atoms with Crippen LogP contribution in [0.5, 0.6) is 5.75 Å². The molecule has 0 heterocycles. The highest BCUT2D eigenvalue weighted by molar-refractivity contribution is 7.89. The van der Waals surface area contributed by atoms with Gasteiger partial charge in [0.15, 0.2) is 0 Å². The zero-order valence-corrected chi connectivity index (χ0v) is 16.5. The first-order chi connectivity index (χ1) is 12.8. The van der Waals surface area contributed by atoms with E-state index in [2.05, 4.69) is 19.2 Å². The lowest BCUT2D eigenvalue weighted by molar-refractivity contribution is 0.0954. The van der Waals surface area contributed by atoms with Crippen molar-refractivity contribution in [3.63, 3.8) is 0 Å². The topological polar surface area (TPSA) is 98.5 Å². The molecule has 0 atom stereocenters. The molecule has 0 spiro atoms. The molecule has 27 heavy (non-hydrogen) atoms. The molecule has 6 nitrogen and oxygen atoms in total. The number of sulfonamides is 1. The summed E-state index contributed by atoms with van der Waals surface area (Å²) in [4.78, 5) is 12.3. The van der Waals surface area contributed by atoms with Gasteiger partial charge in [-0.25, -0.2) is 13.6 Å². The van der Waals surface area contributed by atoms with Crippen LogP contribution < -0.4 is 15.2 Å². The number of carbonyl (C=O) groups excluding carboxylic acids is 1. The van der Waals surface area contributed by atoms with Crippen molar-refractivity contribution in [2.24, 2.45) is 11.1 Å². The van der Waals surface area contributed by atoms with Gasteiger partial charge in [0.2, 0.25) is 10.0 Å². The highest BCUT2D eigenvalue weighted by Gasteiger charge is 2.08. The number of ether oxygens (including phenoxy) is 1. The fourth-order valence-electron chi connectivity index (χ4n) is 2.38. The summed E-state index contributed by atoms with van der Waals surface area (Å²) in [6, 6.07) is 13.4. The Morgan fingerprint density at radius 2 is 1.70 bits per heavy atom. The van der Waals surface area contributed by atoms with Crippen molar-refractivity contribution in [3.8, 4) is 5.75 Å². The third-order valence-electron chi connectivity index (χ3n) is 4.03. The second-order valence-electron chi connectivity index (χ2n) is 6.75. The van der Waals surface area contributed by atoms with Gasteiger partial charge in [-0.1, -0.05) is 26.0 Å². The average Bonchev–Trinajstić information content (AvgIpc) is 2.61. The van der Waals surface area contributed by atoms with E-state index in [9.17, 15) is 13.2 Å². The molecule has 146 valence electrons. The summed E-state index contributed by atoms with van der Waals surface area (Å²) < 4.78 is 28.1. The van der Waals surface area contributed by atoms with Gasteiger partial charge in [-0.2, -0.15) is 0 Å². The highest BCUT2D eigenvalue weighted by Crippen LogP contribution is 2.13. The van der Waals surface area contributed by atoms with Crippen LogP contribution in [0.15, 0.2) is 53.4 Å². The molecule has 0 saturated heterocycles. The molecule has 0 radical (unpaired) electrons. The zero-order chi connectivity index (χ0) is 19.9. The number of nitrogens with two attached hydrogens (primary N) is 1. The van der Waals surface area contributed by atoms with Crippen molar-refractivity contribution in [2.75, 3.05) is 13.2 Å². The number of benzene rings is 2. The van der Waals surface area contributed by atoms with Crippen molar-refractivity contribution in [2.45, 2.75) is 31.6 Å². The van der Waals surface area contributed by atoms with E-state index in [1.807, 2.05) is 0 Å². The summed E-state index contributed by atoms with van der Waals surface area (Å²) in [5.74, 6) is 1.18. The van der Waals surface area contributed by atoms with E-state index in [0.717, 1.165) is 17.7 Å². The summed E-state index contributed by atoms with van der Waals surface area (Å²) in [5.41, 5.74) is 1.48. The SMILES string of the molecule is CC(C)CCOc1ccc(C(=O)NCCc2ccc(S(N)(=O)=O)cc2)cc1. The molecule has 3 N–H and O–H groups in total. The molecule has 7 heteroatoms. The van der Waals surface area contributed by atoms with Crippen molar-refractivity contribution in [1.82, 2.24) is 5.32 Å². The Morgan fingerprint density at radius 1 is 1.07 bits per heavy atom. The van der Waals surface area contributed by atoms with Gasteiger partial charge in [-0.15, -0.1) is 0 Å². The molecule has 0 unspecified atom stereocenters. The van der Waals surface area contributed by atoms with Gasteiger partial charge >= 0.3 is 0 Å². The van der Waals surface area contributed by atoms with Gasteiger partial charge in [0, 0.05) is 12.1 Å². The number of nitrogens with one attached hydrogen (secondary N) is 1. The Balaban J connectivity index is 1.80. The van der Waals surface area contributed by atoms with Crippen molar-refractivity contribution in [1.29, 1.82) is 0 Å². The van der Waals surface area contributed by atoms with Gasteiger partial charge in [0.1, 0.15) is 5.75 Å². The molecule has 2 aromatic rings. The fourth-order valence-corrected chi connectivity index (χ4v) is 2.90. The summed E-state index contributed by atoms with van der Waals surface area (Å²) in [6.45, 7) is 5.39. The lowest BCUT2D eigenvalue weighted by Crippen LogP contribution is -2.25. The molecule has 0 bridgehead atoms. The third-order valence-corrected chi connectivity index (χ3v) is 4.96. The van der Waals surface area contributed by atoms with Crippen molar-refractivity contribution >= 4 is 15.9 Å². The lowest BCUT2D eigenvalue weighted by Gasteiger charge is -2.09. The molecule has 2 aromatic carbocycles. The smallest absolute Gasteiger partial charge is 0.251 e. The van der Waals surface area contributed by atoms with E-state index in [0.29, 0.717) is 31.1 Å². The molecular weight excluding hydrogens is 364 g/mol. The Labute approximate surface area is 160 Å². The van der Waals surface area contributed by atoms with Crippen LogP contribution in [0.1, 0.15) is 36.2 Å². The fraction of sp³-hybridized carbons (Fsp3) is 0.350. The van der Waals surface area contributed by atoms with E-state index in [1.54, 1.807) is 36.4 Å². The Bertz CT molecular complexity index is 845. The van der Waals surface area contributed by atoms with E-state index in [-0.39, 0.29) is 10.8 Å². The Kier molecular flexibility index (Phi) is 7.38. The van der Waals surface area contributed by atoms with Crippen LogP contribution >= 0.6 is 0 Å². The van der Waals surface area contributed by atoms with Crippen LogP contribution in [0.3, 0.4) is 0 Å². The van der Waals surface area contributed by atoms with E-state index < -0.39 is 10.0 Å². The minimum Gasteiger partial charge on any atom is -0.494 e. The van der Waals surface area contributed by atoms with Gasteiger partial charge < -0.3 is 10.1 Å². The predicted octanol–water partition coefficient (Wildman–Crippen LogP) is 2.73. The van der Waals surface area contributed by atoms with Crippen LogP contribution in [0.2, 0.25) is 0 Å². The first-order valence-corrected chi connectivity index (χ1v) is 10.4. The quantitative estimate of drug-likeness (QED) is 0.688. The molecule has 0 aliphatic carbocycles. The van der Waals surface area contributed by atoms with Crippen LogP contribution in [-0.4, -0.2) is 27.5 Å². The van der Waals surface area contributed by atoms with Crippen LogP contribution in [0.25, 0.3) is 0 Å². The molecular formula is C20H26N2O4S. The number of amides is 1. The van der Waals surface area contributed by atoms with E-state index in [4.69, 9.17) is 9.88 Å². The molecule has 0 aliphatic rings. The molecule has 0 saturated carbocycles. The van der Waals surface area contributed by atoms with Gasteiger partial charge in [0.25, 0.3) is 5.91 Å². The monoisotopic (exact) mass is 390 g/mol. The normalized spacial score (nSPS) is 11.4. The van der Waals surface area contributed by atoms with E-state index in [1.165, 1.54) is 12.1 Å². The average molecular weight is 391 g/mol. The Morgan fingerprint density at radius 3 is 2.26 bits per heavy atom. The predicted molar refractivity (Wildman–Crippen MR) is 105 cm³/mol. The Hall–Kier alpha value is -2.38. The van der Waals surface area contributed by atoms with Gasteiger partial charge in [-0.3, -0.25) is 4.79 Å². The summed E-state index contributed by atoms with van der Waals surface area (Å²) in [7, 11) is -3.68. The van der Waals surface area contributed by atoms with Crippen molar-refractivity contribution in [3.05, 3.63) is 59.7 Å². The molecule has 2 rings (SSSR count). The number of carbonyl (C=O) groups is 1. The van der Waals surface area contributed by atoms with Gasteiger partial charge in [0.05, 0.1) is 11.5 Å². The number of hydrogen-bond acceptors (Lipinski definition) is 4. The van der Waals surface area contributed by atoms with Crippen LogP contribution in [-0.2, 0) is 16.4 Å². The molecule has 0 aliphatic heterocycles. The maximum Gasteiger partial charge on any atom is 0.251 e. The first kappa shape index (κ1) is 20.9. The third kappa shape index (κ3) is 7.03. The number of hydrogen-bond donors (Lipinski definition) is 2. The minimum absolute atomic E-state index is 0.0750. The lowest BCUT2D eigenvalue weighted by atomic mass is 10.1. The maximum atomic E-state index is 12.2. The molecule has 0 aromatic heterocycles. The summed E-state index contributed by atoms with van der Waals surface area (Å²) >= 11 is 0. The van der Waals surface area contributed by atoms with Crippen LogP contribution in [0.4, 0.5) is 0 Å². The zero-order valence-electron chi connectivity index (χ0n) is 15.6. The first-order valence-electron chi connectivity index (χ1n) is 8.88. The van der Waals surface area contributed by atoms with E-state index >= 15 is 0 Å². The number of rotatable bonds is 9. The molecule has 0 fully saturated rings. The standard InChI is InChI=1S/C20H26N2O4S/c1-15(2)12-14-26-18-7-5-17(6-8-18)20(23)22-13-11-16-3-9-19(10-4-16)27(21,24)25/h3-10,15H,11-14H2,1-2H3,(H,22,23)(H2,21,24,25). The number of primary sulfonamides is 1. The molecule has 1 amide bonds. The largest absolute Gasteiger partial charge is 0.494 e. The summed E-state index contributed by atoms with van der Waals surface area (Å²) in [6.07, 6.45) is 1.58. The van der Waals surface area contributed by atoms with Gasteiger partial charge in [-0.05, 0) is 60.7 Å². The van der Waals surface area contributed by atoms with Crippen LogP contribution in [0, 0.1) is 5.92 Å². The van der Waals surface area contributed by atoms with Crippen molar-refractivity contribution < 1.29 is 17.9 Å². The minimum atomic E-state index is -3.68. The maximum absolute atomic E-state index is 12.2. The second-order valence-corrected chi connectivity index (χ2v) is 8.31.